The fourth-order valence-corrected chi connectivity index (χ4v) is 1.52. The zero-order valence-corrected chi connectivity index (χ0v) is 8.79. The van der Waals surface area contributed by atoms with Crippen LogP contribution < -0.4 is 11.1 Å². The van der Waals surface area contributed by atoms with Crippen LogP contribution in [0.1, 0.15) is 10.5 Å². The van der Waals surface area contributed by atoms with Crippen LogP contribution in [0.25, 0.3) is 0 Å². The lowest BCUT2D eigenvalue weighted by molar-refractivity contribution is 0.102. The fraction of sp³-hybridized carbons (Fsp3) is 0. The molecule has 1 amide bonds. The summed E-state index contributed by atoms with van der Waals surface area (Å²) in [5.74, 6) is -1.09. The molecule has 1 aromatic heterocycles. The normalized spacial score (nSPS) is 10.1. The van der Waals surface area contributed by atoms with Crippen LogP contribution in [0.5, 0.6) is 0 Å². The van der Waals surface area contributed by atoms with Crippen LogP contribution in [0.4, 0.5) is 15.8 Å². The summed E-state index contributed by atoms with van der Waals surface area (Å²) in [6.45, 7) is 0. The lowest BCUT2D eigenvalue weighted by atomic mass is 10.2. The summed E-state index contributed by atoms with van der Waals surface area (Å²) in [4.78, 5) is 11.5. The number of halogens is 1. The third-order valence-electron chi connectivity index (χ3n) is 1.83. The minimum Gasteiger partial charge on any atom is -0.399 e. The number of carbonyl (C=O) groups excluding carboxylic acids is 1. The number of aromatic nitrogens is 2. The molecule has 5 nitrogen and oxygen atoms in total. The van der Waals surface area contributed by atoms with Gasteiger partial charge < -0.3 is 11.1 Å². The van der Waals surface area contributed by atoms with Gasteiger partial charge in [-0.05, 0) is 29.7 Å². The molecule has 82 valence electrons. The number of carbonyl (C=O) groups is 1. The molecule has 1 heterocycles. The topological polar surface area (TPSA) is 80.9 Å². The molecule has 0 spiro atoms. The van der Waals surface area contributed by atoms with Crippen molar-refractivity contribution in [1.82, 2.24) is 9.59 Å². The van der Waals surface area contributed by atoms with E-state index in [1.165, 1.54) is 17.5 Å². The molecule has 0 aliphatic rings. The molecule has 2 aromatic rings. The third-order valence-corrected chi connectivity index (χ3v) is 2.34. The number of hydrogen-bond acceptors (Lipinski definition) is 5. The average molecular weight is 238 g/mol. The van der Waals surface area contributed by atoms with E-state index in [1.807, 2.05) is 0 Å². The van der Waals surface area contributed by atoms with Crippen molar-refractivity contribution in [3.63, 3.8) is 0 Å². The predicted octanol–water partition coefficient (Wildman–Crippen LogP) is 1.51. The van der Waals surface area contributed by atoms with Crippen LogP contribution in [0, 0.1) is 5.82 Å². The minimum absolute atomic E-state index is 0.0622. The lowest BCUT2D eigenvalue weighted by Gasteiger charge is -2.04. The average Bonchev–Trinajstić information content (AvgIpc) is 2.75. The van der Waals surface area contributed by atoms with Gasteiger partial charge in [-0.25, -0.2) is 4.39 Å². The van der Waals surface area contributed by atoms with E-state index in [4.69, 9.17) is 5.73 Å². The zero-order chi connectivity index (χ0) is 11.5. The van der Waals surface area contributed by atoms with Gasteiger partial charge in [-0.1, -0.05) is 4.49 Å². The van der Waals surface area contributed by atoms with Crippen LogP contribution in [0.3, 0.4) is 0 Å². The summed E-state index contributed by atoms with van der Waals surface area (Å²) >= 11 is 1.05. The van der Waals surface area contributed by atoms with Gasteiger partial charge in [0.25, 0.3) is 5.91 Å². The van der Waals surface area contributed by atoms with E-state index in [1.54, 1.807) is 0 Å². The maximum Gasteiger partial charge on any atom is 0.277 e. The fourth-order valence-electron chi connectivity index (χ4n) is 1.08. The largest absolute Gasteiger partial charge is 0.399 e. The van der Waals surface area contributed by atoms with Gasteiger partial charge in [0.2, 0.25) is 0 Å². The summed E-state index contributed by atoms with van der Waals surface area (Å²) in [5, 5.41) is 7.42. The molecule has 0 atom stereocenters. The Morgan fingerprint density at radius 1 is 1.50 bits per heavy atom. The molecule has 0 fully saturated rings. The van der Waals surface area contributed by atoms with Crippen molar-refractivity contribution >= 4 is 28.8 Å². The van der Waals surface area contributed by atoms with E-state index in [9.17, 15) is 9.18 Å². The molecule has 7 heteroatoms. The highest BCUT2D eigenvalue weighted by atomic mass is 32.1. The monoisotopic (exact) mass is 238 g/mol. The SMILES string of the molecule is Nc1ccc(NC(=O)c2csnn2)c(F)c1. The molecule has 1 aromatic carbocycles. The van der Waals surface area contributed by atoms with Crippen molar-refractivity contribution in [2.24, 2.45) is 0 Å². The molecule has 3 N–H and O–H groups in total. The van der Waals surface area contributed by atoms with Crippen molar-refractivity contribution < 1.29 is 9.18 Å². The van der Waals surface area contributed by atoms with Gasteiger partial charge in [-0.3, -0.25) is 4.79 Å². The molecule has 2 rings (SSSR count). The number of amides is 1. The standard InChI is InChI=1S/C9H7FN4OS/c10-6-3-5(11)1-2-7(6)12-9(15)8-4-16-14-13-8/h1-4H,11H2,(H,12,15). The Balaban J connectivity index is 2.18. The van der Waals surface area contributed by atoms with Crippen molar-refractivity contribution in [2.75, 3.05) is 11.1 Å². The Morgan fingerprint density at radius 2 is 2.31 bits per heavy atom. The van der Waals surface area contributed by atoms with E-state index in [-0.39, 0.29) is 11.4 Å². The number of nitrogens with two attached hydrogens (primary N) is 1. The number of nitrogen functional groups attached to an aromatic ring is 1. The second-order valence-electron chi connectivity index (χ2n) is 2.98. The maximum absolute atomic E-state index is 13.3. The first kappa shape index (κ1) is 10.5. The number of nitrogens with zero attached hydrogens (tertiary/aromatic N) is 2. The number of benzene rings is 1. The van der Waals surface area contributed by atoms with Crippen molar-refractivity contribution in [3.05, 3.63) is 35.1 Å². The number of anilines is 2. The zero-order valence-electron chi connectivity index (χ0n) is 7.98. The molecule has 0 saturated heterocycles. The summed E-state index contributed by atoms with van der Waals surface area (Å²) in [7, 11) is 0. The Bertz CT molecular complexity index is 514. The van der Waals surface area contributed by atoms with E-state index in [0.29, 0.717) is 5.69 Å². The predicted molar refractivity (Wildman–Crippen MR) is 58.7 cm³/mol. The molecular weight excluding hydrogens is 231 g/mol. The van der Waals surface area contributed by atoms with E-state index >= 15 is 0 Å². The Morgan fingerprint density at radius 3 is 2.94 bits per heavy atom. The van der Waals surface area contributed by atoms with Crippen molar-refractivity contribution in [3.8, 4) is 0 Å². The molecule has 0 bridgehead atoms. The summed E-state index contributed by atoms with van der Waals surface area (Å²) in [5.41, 5.74) is 5.89. The summed E-state index contributed by atoms with van der Waals surface area (Å²) in [6.07, 6.45) is 0. The summed E-state index contributed by atoms with van der Waals surface area (Å²) < 4.78 is 16.9. The van der Waals surface area contributed by atoms with Gasteiger partial charge in [0.15, 0.2) is 5.69 Å². The van der Waals surface area contributed by atoms with E-state index in [0.717, 1.165) is 17.6 Å². The van der Waals surface area contributed by atoms with E-state index < -0.39 is 11.7 Å². The first-order valence-corrected chi connectivity index (χ1v) is 5.14. The third kappa shape index (κ3) is 2.14. The van der Waals surface area contributed by atoms with Gasteiger partial charge in [0, 0.05) is 11.1 Å². The Labute approximate surface area is 94.3 Å². The Kier molecular flexibility index (Phi) is 2.78. The first-order chi connectivity index (χ1) is 7.66. The van der Waals surface area contributed by atoms with E-state index in [2.05, 4.69) is 14.9 Å². The second-order valence-corrected chi connectivity index (χ2v) is 3.59. The number of rotatable bonds is 2. The number of hydrogen-bond donors (Lipinski definition) is 2. The lowest BCUT2D eigenvalue weighted by Crippen LogP contribution is -2.13. The van der Waals surface area contributed by atoms with Crippen LogP contribution in [-0.2, 0) is 0 Å². The first-order valence-electron chi connectivity index (χ1n) is 4.30. The molecule has 0 unspecified atom stereocenters. The number of nitrogens with one attached hydrogen (secondary N) is 1. The molecule has 16 heavy (non-hydrogen) atoms. The quantitative estimate of drug-likeness (QED) is 0.777. The van der Waals surface area contributed by atoms with Crippen molar-refractivity contribution in [2.45, 2.75) is 0 Å². The maximum atomic E-state index is 13.3. The second kappa shape index (κ2) is 4.23. The molecule has 0 radical (unpaired) electrons. The van der Waals surface area contributed by atoms with Gasteiger partial charge >= 0.3 is 0 Å². The molecule has 0 aliphatic carbocycles. The van der Waals surface area contributed by atoms with Crippen LogP contribution >= 0.6 is 11.5 Å². The van der Waals surface area contributed by atoms with Gasteiger partial charge in [0.1, 0.15) is 5.82 Å². The van der Waals surface area contributed by atoms with Crippen LogP contribution in [-0.4, -0.2) is 15.5 Å². The minimum atomic E-state index is -0.587. The molecular formula is C9H7FN4OS. The summed E-state index contributed by atoms with van der Waals surface area (Å²) in [6, 6.07) is 4.02. The van der Waals surface area contributed by atoms with Gasteiger partial charge in [0.05, 0.1) is 5.69 Å². The van der Waals surface area contributed by atoms with Crippen LogP contribution in [0.2, 0.25) is 0 Å². The smallest absolute Gasteiger partial charge is 0.277 e. The molecule has 0 saturated carbocycles. The van der Waals surface area contributed by atoms with Crippen molar-refractivity contribution in [1.29, 1.82) is 0 Å². The Hall–Kier alpha value is -2.02. The highest BCUT2D eigenvalue weighted by Crippen LogP contribution is 2.17. The highest BCUT2D eigenvalue weighted by molar-refractivity contribution is 7.03. The molecule has 0 aliphatic heterocycles. The van der Waals surface area contributed by atoms with Gasteiger partial charge in [-0.15, -0.1) is 5.10 Å². The van der Waals surface area contributed by atoms with Crippen LogP contribution in [0.15, 0.2) is 23.6 Å². The van der Waals surface area contributed by atoms with Gasteiger partial charge in [-0.2, -0.15) is 0 Å². The highest BCUT2D eigenvalue weighted by Gasteiger charge is 2.11.